The lowest BCUT2D eigenvalue weighted by Crippen LogP contribution is -2.41. The number of nitrogens with zero attached hydrogens (tertiary/aromatic N) is 4. The Balaban J connectivity index is 1.58. The molecular formula is C17H23N5O2. The minimum Gasteiger partial charge on any atom is -0.477 e. The summed E-state index contributed by atoms with van der Waals surface area (Å²) in [5, 5.41) is 11.3. The summed E-state index contributed by atoms with van der Waals surface area (Å²) in [5.41, 5.74) is 0.540. The van der Waals surface area contributed by atoms with Crippen LogP contribution in [-0.4, -0.2) is 38.3 Å². The van der Waals surface area contributed by atoms with Gasteiger partial charge < -0.3 is 14.6 Å². The Bertz CT molecular complexity index is 708. The standard InChI is InChI=1S/C17H23N5O2/c1-11(2)10-24-16-7-4-13(8-18-16)17(23)19-14-5-6-15-21-20-12(3)22(15)9-14/h4,7-8,11,14H,5-6,9-10H2,1-3H3,(H,19,23)/t14-/m1/s1. The van der Waals surface area contributed by atoms with E-state index < -0.39 is 0 Å². The fourth-order valence-electron chi connectivity index (χ4n) is 2.70. The first-order valence-corrected chi connectivity index (χ1v) is 8.31. The van der Waals surface area contributed by atoms with E-state index in [-0.39, 0.29) is 11.9 Å². The molecule has 1 aliphatic heterocycles. The molecule has 0 fully saturated rings. The van der Waals surface area contributed by atoms with Gasteiger partial charge in [0.1, 0.15) is 11.6 Å². The Morgan fingerprint density at radius 3 is 2.96 bits per heavy atom. The van der Waals surface area contributed by atoms with E-state index in [1.165, 1.54) is 0 Å². The minimum atomic E-state index is -0.114. The lowest BCUT2D eigenvalue weighted by molar-refractivity contribution is 0.0927. The fourth-order valence-corrected chi connectivity index (χ4v) is 2.70. The number of nitrogens with one attached hydrogen (secondary N) is 1. The monoisotopic (exact) mass is 329 g/mol. The van der Waals surface area contributed by atoms with Crippen LogP contribution in [-0.2, 0) is 13.0 Å². The van der Waals surface area contributed by atoms with Crippen molar-refractivity contribution in [3.05, 3.63) is 35.5 Å². The zero-order valence-corrected chi connectivity index (χ0v) is 14.3. The summed E-state index contributed by atoms with van der Waals surface area (Å²) < 4.78 is 7.60. The Kier molecular flexibility index (Phi) is 4.78. The number of rotatable bonds is 5. The van der Waals surface area contributed by atoms with E-state index in [0.717, 1.165) is 24.5 Å². The molecule has 0 aliphatic carbocycles. The predicted octanol–water partition coefficient (Wildman–Crippen LogP) is 1.76. The zero-order valence-electron chi connectivity index (χ0n) is 14.3. The first-order chi connectivity index (χ1) is 11.5. The third-order valence-corrected chi connectivity index (χ3v) is 4.03. The van der Waals surface area contributed by atoms with E-state index in [2.05, 4.69) is 38.9 Å². The molecule has 0 saturated carbocycles. The molecule has 7 heteroatoms. The highest BCUT2D eigenvalue weighted by molar-refractivity contribution is 5.94. The van der Waals surface area contributed by atoms with E-state index in [1.54, 1.807) is 18.3 Å². The number of amides is 1. The molecule has 0 unspecified atom stereocenters. The molecule has 2 aromatic rings. The van der Waals surface area contributed by atoms with Crippen LogP contribution in [0.15, 0.2) is 18.3 Å². The predicted molar refractivity (Wildman–Crippen MR) is 88.9 cm³/mol. The number of fused-ring (bicyclic) bond motifs is 1. The molecule has 0 spiro atoms. The van der Waals surface area contributed by atoms with Crippen LogP contribution in [0.4, 0.5) is 0 Å². The molecule has 7 nitrogen and oxygen atoms in total. The lowest BCUT2D eigenvalue weighted by Gasteiger charge is -2.24. The number of pyridine rings is 1. The summed E-state index contributed by atoms with van der Waals surface area (Å²) in [5.74, 6) is 2.75. The second-order valence-corrected chi connectivity index (χ2v) is 6.57. The van der Waals surface area contributed by atoms with Gasteiger partial charge in [0.25, 0.3) is 5.91 Å². The van der Waals surface area contributed by atoms with E-state index in [1.807, 2.05) is 6.92 Å². The Labute approximate surface area is 141 Å². The second-order valence-electron chi connectivity index (χ2n) is 6.57. The van der Waals surface area contributed by atoms with Crippen LogP contribution in [0.2, 0.25) is 0 Å². The molecule has 3 rings (SSSR count). The number of aromatic nitrogens is 4. The van der Waals surface area contributed by atoms with Crippen LogP contribution in [0.1, 0.15) is 42.3 Å². The summed E-state index contributed by atoms with van der Waals surface area (Å²) in [4.78, 5) is 16.6. The van der Waals surface area contributed by atoms with Crippen LogP contribution >= 0.6 is 0 Å². The minimum absolute atomic E-state index is 0.0802. The Morgan fingerprint density at radius 1 is 1.42 bits per heavy atom. The van der Waals surface area contributed by atoms with Gasteiger partial charge in [0.2, 0.25) is 5.88 Å². The van der Waals surface area contributed by atoms with Crippen molar-refractivity contribution >= 4 is 5.91 Å². The number of ether oxygens (including phenoxy) is 1. The van der Waals surface area contributed by atoms with Gasteiger partial charge >= 0.3 is 0 Å². The number of hydrogen-bond donors (Lipinski definition) is 1. The van der Waals surface area contributed by atoms with Gasteiger partial charge in [-0.1, -0.05) is 13.8 Å². The molecule has 0 radical (unpaired) electrons. The maximum absolute atomic E-state index is 12.4. The van der Waals surface area contributed by atoms with Gasteiger partial charge in [-0.25, -0.2) is 4.98 Å². The fraction of sp³-hybridized carbons (Fsp3) is 0.529. The molecule has 0 bridgehead atoms. The van der Waals surface area contributed by atoms with Gasteiger partial charge in [0.15, 0.2) is 0 Å². The van der Waals surface area contributed by atoms with Gasteiger partial charge in [-0.2, -0.15) is 0 Å². The van der Waals surface area contributed by atoms with Gasteiger partial charge in [0, 0.05) is 31.3 Å². The van der Waals surface area contributed by atoms with Crippen LogP contribution in [0.5, 0.6) is 5.88 Å². The number of carbonyl (C=O) groups is 1. The molecule has 1 aliphatic rings. The Hall–Kier alpha value is -2.44. The van der Waals surface area contributed by atoms with Crippen molar-refractivity contribution < 1.29 is 9.53 Å². The second kappa shape index (κ2) is 6.98. The topological polar surface area (TPSA) is 81.9 Å². The van der Waals surface area contributed by atoms with E-state index in [9.17, 15) is 4.79 Å². The normalized spacial score (nSPS) is 16.8. The van der Waals surface area contributed by atoms with Crippen molar-refractivity contribution in [1.29, 1.82) is 0 Å². The first kappa shape index (κ1) is 16.4. The maximum Gasteiger partial charge on any atom is 0.253 e. The van der Waals surface area contributed by atoms with Crippen molar-refractivity contribution in [2.45, 2.75) is 46.2 Å². The number of aryl methyl sites for hydroxylation is 2. The van der Waals surface area contributed by atoms with E-state index in [0.29, 0.717) is 30.5 Å². The van der Waals surface area contributed by atoms with E-state index >= 15 is 0 Å². The molecule has 128 valence electrons. The summed E-state index contributed by atoms with van der Waals surface area (Å²) in [6, 6.07) is 3.56. The highest BCUT2D eigenvalue weighted by Crippen LogP contribution is 2.15. The van der Waals surface area contributed by atoms with Gasteiger partial charge in [0.05, 0.1) is 12.2 Å². The first-order valence-electron chi connectivity index (χ1n) is 8.31. The van der Waals surface area contributed by atoms with Crippen molar-refractivity contribution in [3.63, 3.8) is 0 Å². The van der Waals surface area contributed by atoms with Crippen LogP contribution < -0.4 is 10.1 Å². The average molecular weight is 329 g/mol. The molecule has 24 heavy (non-hydrogen) atoms. The van der Waals surface area contributed by atoms with Crippen molar-refractivity contribution in [1.82, 2.24) is 25.1 Å². The van der Waals surface area contributed by atoms with Crippen LogP contribution in [0, 0.1) is 12.8 Å². The van der Waals surface area contributed by atoms with Crippen LogP contribution in [0.25, 0.3) is 0 Å². The van der Waals surface area contributed by atoms with Crippen LogP contribution in [0.3, 0.4) is 0 Å². The quantitative estimate of drug-likeness (QED) is 0.904. The van der Waals surface area contributed by atoms with Gasteiger partial charge in [-0.05, 0) is 25.3 Å². The molecule has 1 atom stereocenters. The summed E-state index contributed by atoms with van der Waals surface area (Å²) in [6.45, 7) is 7.41. The molecule has 1 amide bonds. The molecule has 1 N–H and O–H groups in total. The molecule has 3 heterocycles. The number of carbonyl (C=O) groups excluding carboxylic acids is 1. The van der Waals surface area contributed by atoms with Crippen molar-refractivity contribution in [3.8, 4) is 5.88 Å². The highest BCUT2D eigenvalue weighted by atomic mass is 16.5. The summed E-state index contributed by atoms with van der Waals surface area (Å²) in [6.07, 6.45) is 3.25. The largest absolute Gasteiger partial charge is 0.477 e. The van der Waals surface area contributed by atoms with Crippen molar-refractivity contribution in [2.75, 3.05) is 6.61 Å². The van der Waals surface area contributed by atoms with Crippen molar-refractivity contribution in [2.24, 2.45) is 5.92 Å². The third-order valence-electron chi connectivity index (χ3n) is 4.03. The Morgan fingerprint density at radius 2 is 2.25 bits per heavy atom. The third kappa shape index (κ3) is 3.72. The van der Waals surface area contributed by atoms with E-state index in [4.69, 9.17) is 4.74 Å². The lowest BCUT2D eigenvalue weighted by atomic mass is 10.1. The smallest absolute Gasteiger partial charge is 0.253 e. The summed E-state index contributed by atoms with van der Waals surface area (Å²) >= 11 is 0. The van der Waals surface area contributed by atoms with Gasteiger partial charge in [-0.15, -0.1) is 10.2 Å². The average Bonchev–Trinajstić information content (AvgIpc) is 2.94. The molecule has 0 aromatic carbocycles. The zero-order chi connectivity index (χ0) is 17.1. The summed E-state index contributed by atoms with van der Waals surface area (Å²) in [7, 11) is 0. The molecule has 2 aromatic heterocycles. The number of hydrogen-bond acceptors (Lipinski definition) is 5. The maximum atomic E-state index is 12.4. The molecular weight excluding hydrogens is 306 g/mol. The molecule has 0 saturated heterocycles. The van der Waals surface area contributed by atoms with Gasteiger partial charge in [-0.3, -0.25) is 4.79 Å². The SMILES string of the molecule is Cc1nnc2n1C[C@H](NC(=O)c1ccc(OCC(C)C)nc1)CC2. The highest BCUT2D eigenvalue weighted by Gasteiger charge is 2.23.